The summed E-state index contributed by atoms with van der Waals surface area (Å²) in [5, 5.41) is 5.09. The summed E-state index contributed by atoms with van der Waals surface area (Å²) in [4.78, 5) is 7.44. The van der Waals surface area contributed by atoms with E-state index in [-0.39, 0.29) is 0 Å². The number of aromatic nitrogens is 1. The first kappa shape index (κ1) is 21.8. The molecule has 6 rings (SSSR count). The van der Waals surface area contributed by atoms with E-state index in [2.05, 4.69) is 89.9 Å². The van der Waals surface area contributed by atoms with Crippen LogP contribution in [0.25, 0.3) is 10.2 Å². The Kier molecular flexibility index (Phi) is 5.85. The van der Waals surface area contributed by atoms with Crippen molar-refractivity contribution in [2.45, 2.75) is 37.9 Å². The van der Waals surface area contributed by atoms with Crippen molar-refractivity contribution in [1.82, 2.24) is 15.2 Å². The summed E-state index contributed by atoms with van der Waals surface area (Å²) in [6.07, 6.45) is 1.27. The minimum absolute atomic E-state index is 0.343. The lowest BCUT2D eigenvalue weighted by Gasteiger charge is -2.39. The molecule has 0 saturated carbocycles. The minimum Gasteiger partial charge on any atom is -0.496 e. The second-order valence-corrected chi connectivity index (χ2v) is 10.8. The van der Waals surface area contributed by atoms with E-state index in [0.29, 0.717) is 23.9 Å². The zero-order chi connectivity index (χ0) is 23.1. The molecule has 4 atom stereocenters. The van der Waals surface area contributed by atoms with E-state index in [1.54, 1.807) is 18.4 Å². The summed E-state index contributed by atoms with van der Waals surface area (Å²) in [6.45, 7) is 5.23. The Morgan fingerprint density at radius 3 is 2.44 bits per heavy atom. The SMILES string of the molecule is COc1cc2sc(C)nc2cc1CNC1C2CCN(C2)C1C(c1ccccc1)c1ccccc1. The third-order valence-corrected chi connectivity index (χ3v) is 8.57. The summed E-state index contributed by atoms with van der Waals surface area (Å²) in [5.74, 6) is 1.97. The number of aryl methyl sites for hydroxylation is 1. The third kappa shape index (κ3) is 3.92. The zero-order valence-corrected chi connectivity index (χ0v) is 20.6. The lowest BCUT2D eigenvalue weighted by molar-refractivity contribution is 0.197. The number of rotatable bonds is 7. The van der Waals surface area contributed by atoms with Crippen LogP contribution < -0.4 is 10.1 Å². The molecule has 2 bridgehead atoms. The quantitative estimate of drug-likeness (QED) is 0.382. The molecule has 4 nitrogen and oxygen atoms in total. The fourth-order valence-electron chi connectivity index (χ4n) is 6.17. The molecule has 0 spiro atoms. The van der Waals surface area contributed by atoms with Crippen molar-refractivity contribution in [3.63, 3.8) is 0 Å². The molecular weight excluding hydrogens is 438 g/mol. The van der Waals surface area contributed by atoms with Gasteiger partial charge in [-0.3, -0.25) is 4.90 Å². The summed E-state index contributed by atoms with van der Waals surface area (Å²) >= 11 is 1.72. The van der Waals surface area contributed by atoms with Gasteiger partial charge in [0.1, 0.15) is 5.75 Å². The zero-order valence-electron chi connectivity index (χ0n) is 19.8. The highest BCUT2D eigenvalue weighted by Gasteiger charge is 2.49. The van der Waals surface area contributed by atoms with Gasteiger partial charge >= 0.3 is 0 Å². The maximum atomic E-state index is 5.78. The molecule has 3 aromatic carbocycles. The molecule has 1 aromatic heterocycles. The van der Waals surface area contributed by atoms with E-state index in [4.69, 9.17) is 9.72 Å². The fourth-order valence-corrected chi connectivity index (χ4v) is 7.01. The molecule has 2 aliphatic heterocycles. The number of ether oxygens (including phenoxy) is 1. The number of benzene rings is 3. The van der Waals surface area contributed by atoms with Gasteiger partial charge in [0.05, 0.1) is 22.3 Å². The molecule has 2 aliphatic rings. The van der Waals surface area contributed by atoms with Crippen molar-refractivity contribution in [1.29, 1.82) is 0 Å². The third-order valence-electron chi connectivity index (χ3n) is 7.64. The van der Waals surface area contributed by atoms with Crippen LogP contribution in [0.3, 0.4) is 0 Å². The largest absolute Gasteiger partial charge is 0.496 e. The average molecular weight is 470 g/mol. The summed E-state index contributed by atoms with van der Waals surface area (Å²) in [6, 6.07) is 27.3. The second kappa shape index (κ2) is 9.14. The number of nitrogens with zero attached hydrogens (tertiary/aromatic N) is 2. The van der Waals surface area contributed by atoms with Crippen LogP contribution in [-0.2, 0) is 6.54 Å². The van der Waals surface area contributed by atoms with Crippen LogP contribution >= 0.6 is 11.3 Å². The Morgan fingerprint density at radius 1 is 1.06 bits per heavy atom. The van der Waals surface area contributed by atoms with E-state index >= 15 is 0 Å². The van der Waals surface area contributed by atoms with E-state index in [0.717, 1.165) is 22.8 Å². The molecule has 0 radical (unpaired) electrons. The second-order valence-electron chi connectivity index (χ2n) is 9.60. The van der Waals surface area contributed by atoms with Crippen LogP contribution in [0.2, 0.25) is 0 Å². The molecule has 2 fully saturated rings. The number of piperidine rings is 1. The predicted molar refractivity (Wildman–Crippen MR) is 140 cm³/mol. The van der Waals surface area contributed by atoms with Crippen molar-refractivity contribution < 1.29 is 4.74 Å². The van der Waals surface area contributed by atoms with Gasteiger partial charge in [-0.05, 0) is 49.1 Å². The Balaban J connectivity index is 1.33. The standard InChI is InChI=1S/C29H31N3OS/c1-19-31-24-15-23(25(33-2)16-26(24)34-19)17-30-28-22-13-14-32(18-22)29(28)27(20-9-5-3-6-10-20)21-11-7-4-8-12-21/h3-12,15-16,22,27-30H,13-14,17-18H2,1-2H3. The van der Waals surface area contributed by atoms with Gasteiger partial charge in [-0.2, -0.15) is 0 Å². The van der Waals surface area contributed by atoms with Crippen molar-refractivity contribution in [2.24, 2.45) is 5.92 Å². The molecule has 5 heteroatoms. The molecule has 0 amide bonds. The molecule has 4 aromatic rings. The Morgan fingerprint density at radius 2 is 1.76 bits per heavy atom. The lowest BCUT2D eigenvalue weighted by Crippen LogP contribution is -2.50. The van der Waals surface area contributed by atoms with Gasteiger partial charge in [-0.1, -0.05) is 60.7 Å². The minimum atomic E-state index is 0.343. The first-order chi connectivity index (χ1) is 16.7. The van der Waals surface area contributed by atoms with Gasteiger partial charge < -0.3 is 10.1 Å². The van der Waals surface area contributed by atoms with Gasteiger partial charge in [0.25, 0.3) is 0 Å². The molecular formula is C29H31N3OS. The monoisotopic (exact) mass is 469 g/mol. The maximum Gasteiger partial charge on any atom is 0.124 e. The normalized spacial score (nSPS) is 23.7. The van der Waals surface area contributed by atoms with Gasteiger partial charge in [-0.25, -0.2) is 4.98 Å². The lowest BCUT2D eigenvalue weighted by atomic mass is 9.78. The topological polar surface area (TPSA) is 37.4 Å². The number of nitrogens with one attached hydrogen (secondary N) is 1. The van der Waals surface area contributed by atoms with Crippen LogP contribution in [0.1, 0.15) is 34.0 Å². The number of fused-ring (bicyclic) bond motifs is 3. The molecule has 174 valence electrons. The molecule has 34 heavy (non-hydrogen) atoms. The van der Waals surface area contributed by atoms with Gasteiger partial charge in [0.15, 0.2) is 0 Å². The molecule has 4 unspecified atom stereocenters. The maximum absolute atomic E-state index is 5.78. The van der Waals surface area contributed by atoms with Crippen molar-refractivity contribution >= 4 is 21.6 Å². The van der Waals surface area contributed by atoms with E-state index < -0.39 is 0 Å². The van der Waals surface area contributed by atoms with E-state index in [1.807, 2.05) is 0 Å². The van der Waals surface area contributed by atoms with Gasteiger partial charge in [0.2, 0.25) is 0 Å². The molecule has 1 N–H and O–H groups in total. The average Bonchev–Trinajstić information content (AvgIpc) is 3.58. The molecule has 2 saturated heterocycles. The Bertz CT molecular complexity index is 1230. The fraction of sp³-hybridized carbons (Fsp3) is 0.345. The summed E-state index contributed by atoms with van der Waals surface area (Å²) < 4.78 is 6.97. The summed E-state index contributed by atoms with van der Waals surface area (Å²) in [7, 11) is 1.77. The van der Waals surface area contributed by atoms with Crippen LogP contribution in [0.4, 0.5) is 0 Å². The van der Waals surface area contributed by atoms with Gasteiger partial charge in [-0.15, -0.1) is 11.3 Å². The van der Waals surface area contributed by atoms with Gasteiger partial charge in [0, 0.05) is 36.7 Å². The molecule has 3 heterocycles. The van der Waals surface area contributed by atoms with Crippen LogP contribution in [0, 0.1) is 12.8 Å². The number of hydrogen-bond acceptors (Lipinski definition) is 5. The first-order valence-electron chi connectivity index (χ1n) is 12.2. The van der Waals surface area contributed by atoms with E-state index in [9.17, 15) is 0 Å². The molecule has 0 aliphatic carbocycles. The van der Waals surface area contributed by atoms with Crippen molar-refractivity contribution in [3.8, 4) is 5.75 Å². The number of thiazole rings is 1. The van der Waals surface area contributed by atoms with E-state index in [1.165, 1.54) is 40.9 Å². The Hall–Kier alpha value is -2.73. The first-order valence-corrected chi connectivity index (χ1v) is 13.0. The van der Waals surface area contributed by atoms with Crippen LogP contribution in [-0.4, -0.2) is 42.2 Å². The van der Waals surface area contributed by atoms with Crippen LogP contribution in [0.5, 0.6) is 5.75 Å². The van der Waals surface area contributed by atoms with Crippen molar-refractivity contribution in [2.75, 3.05) is 20.2 Å². The Labute approximate surface area is 205 Å². The smallest absolute Gasteiger partial charge is 0.124 e. The predicted octanol–water partition coefficient (Wildman–Crippen LogP) is 5.61. The highest BCUT2D eigenvalue weighted by molar-refractivity contribution is 7.18. The number of methoxy groups -OCH3 is 1. The highest BCUT2D eigenvalue weighted by atomic mass is 32.1. The summed E-state index contributed by atoms with van der Waals surface area (Å²) in [5.41, 5.74) is 5.05. The van der Waals surface area contributed by atoms with Crippen molar-refractivity contribution in [3.05, 3.63) is 94.5 Å². The highest BCUT2D eigenvalue weighted by Crippen LogP contribution is 2.43. The van der Waals surface area contributed by atoms with Crippen LogP contribution in [0.15, 0.2) is 72.8 Å². The number of hydrogen-bond donors (Lipinski definition) is 1.